The van der Waals surface area contributed by atoms with E-state index in [-0.39, 0.29) is 45.4 Å². The number of rotatable bonds is 8. The first-order valence-electron chi connectivity index (χ1n) is 13.0. The standard InChI is InChI=1S/C25H31N7O6S2/c1-15(2)9-13-32-24-18(4-3-10-27-24)22(33)21(25(32)34)23-28-19-6-5-17(14-20(19)39(35,36)31-23)30-40(37,38)29-16-7-11-26-12-8-16/h3-6,10,14-16,21,26,29-30H,7-9,11-13H2,1-2H3,(H,28,31). The van der Waals surface area contributed by atoms with Crippen molar-refractivity contribution in [2.24, 2.45) is 16.2 Å². The predicted octanol–water partition coefficient (Wildman–Crippen LogP) is 1.48. The molecular weight excluding hydrogens is 558 g/mol. The number of sulfonamides is 1. The molecule has 1 aromatic heterocycles. The molecule has 3 aliphatic heterocycles. The van der Waals surface area contributed by atoms with Crippen LogP contribution in [0.5, 0.6) is 0 Å². The lowest BCUT2D eigenvalue weighted by Crippen LogP contribution is -2.51. The molecular formula is C25H31N7O6S2. The topological polar surface area (TPSA) is 179 Å². The maximum absolute atomic E-state index is 13.6. The second kappa shape index (κ2) is 10.9. The van der Waals surface area contributed by atoms with Crippen LogP contribution < -0.4 is 25.0 Å². The van der Waals surface area contributed by atoms with Gasteiger partial charge in [0.2, 0.25) is 5.91 Å². The van der Waals surface area contributed by atoms with Crippen LogP contribution in [0.15, 0.2) is 45.8 Å². The Morgan fingerprint density at radius 2 is 1.90 bits per heavy atom. The molecule has 1 fully saturated rings. The molecule has 0 bridgehead atoms. The van der Waals surface area contributed by atoms with Crippen molar-refractivity contribution in [1.29, 1.82) is 0 Å². The summed E-state index contributed by atoms with van der Waals surface area (Å²) in [5.74, 6) is -2.52. The number of carbonyl (C=O) groups excluding carboxylic acids is 2. The number of amidine groups is 1. The highest BCUT2D eigenvalue weighted by molar-refractivity contribution is 7.91. The summed E-state index contributed by atoms with van der Waals surface area (Å²) in [6.07, 6.45) is 3.41. The van der Waals surface area contributed by atoms with Crippen molar-refractivity contribution in [1.82, 2.24) is 15.0 Å². The Labute approximate surface area is 233 Å². The van der Waals surface area contributed by atoms with Crippen LogP contribution >= 0.6 is 0 Å². The Kier molecular flexibility index (Phi) is 7.65. The smallest absolute Gasteiger partial charge is 0.299 e. The minimum Gasteiger partial charge on any atom is -0.341 e. The first-order valence-corrected chi connectivity index (χ1v) is 15.9. The van der Waals surface area contributed by atoms with Gasteiger partial charge in [-0.3, -0.25) is 19.2 Å². The number of ketones is 1. The molecule has 2 aromatic rings. The first-order chi connectivity index (χ1) is 18.9. The Balaban J connectivity index is 1.42. The van der Waals surface area contributed by atoms with Crippen molar-refractivity contribution in [2.75, 3.05) is 34.6 Å². The minimum atomic E-state index is -4.39. The van der Waals surface area contributed by atoms with Gasteiger partial charge in [-0.2, -0.15) is 21.6 Å². The number of piperidine rings is 1. The second-order valence-corrected chi connectivity index (χ2v) is 13.4. The number of Topliss-reactive ketones (excluding diaryl/α,β-unsaturated/α-hetero) is 1. The Hall–Kier alpha value is -3.40. The zero-order chi connectivity index (χ0) is 28.7. The number of amides is 1. The number of aromatic nitrogens is 1. The van der Waals surface area contributed by atoms with Crippen LogP contribution in [-0.4, -0.2) is 65.0 Å². The van der Waals surface area contributed by atoms with Crippen LogP contribution in [0.3, 0.4) is 0 Å². The summed E-state index contributed by atoms with van der Waals surface area (Å²) in [7, 11) is -8.36. The summed E-state index contributed by atoms with van der Waals surface area (Å²) >= 11 is 0. The molecule has 3 aliphatic rings. The van der Waals surface area contributed by atoms with E-state index >= 15 is 0 Å². The maximum Gasteiger partial charge on any atom is 0.299 e. The van der Waals surface area contributed by atoms with Crippen LogP contribution in [0.2, 0.25) is 0 Å². The zero-order valence-corrected chi connectivity index (χ0v) is 23.7. The maximum atomic E-state index is 13.6. The molecule has 1 aromatic carbocycles. The molecule has 1 unspecified atom stereocenters. The molecule has 1 saturated heterocycles. The van der Waals surface area contributed by atoms with Gasteiger partial charge in [0.05, 0.1) is 16.9 Å². The summed E-state index contributed by atoms with van der Waals surface area (Å²) in [4.78, 5) is 32.3. The van der Waals surface area contributed by atoms with Crippen LogP contribution in [0.25, 0.3) is 0 Å². The van der Waals surface area contributed by atoms with E-state index in [2.05, 4.69) is 29.5 Å². The van der Waals surface area contributed by atoms with E-state index in [4.69, 9.17) is 0 Å². The third-order valence-electron chi connectivity index (χ3n) is 6.94. The van der Waals surface area contributed by atoms with Gasteiger partial charge < -0.3 is 10.6 Å². The van der Waals surface area contributed by atoms with Crippen LogP contribution in [0.4, 0.5) is 17.2 Å². The van der Waals surface area contributed by atoms with Crippen LogP contribution in [-0.2, 0) is 25.0 Å². The highest BCUT2D eigenvalue weighted by atomic mass is 32.2. The van der Waals surface area contributed by atoms with E-state index in [0.29, 0.717) is 38.9 Å². The van der Waals surface area contributed by atoms with Crippen molar-refractivity contribution in [3.05, 3.63) is 42.1 Å². The van der Waals surface area contributed by atoms with Crippen molar-refractivity contribution >= 4 is 55.0 Å². The van der Waals surface area contributed by atoms with Gasteiger partial charge in [0.15, 0.2) is 11.7 Å². The SMILES string of the molecule is CC(C)CCN1C(=O)C(C2=NS(=O)(=O)c3cc(NS(=O)(=O)NC4CCNCC4)ccc3N2)C(=O)c2cccnc21. The molecule has 1 atom stereocenters. The Bertz CT molecular complexity index is 1580. The average molecular weight is 590 g/mol. The average Bonchev–Trinajstić information content (AvgIpc) is 2.89. The number of hydrogen-bond acceptors (Lipinski definition) is 9. The number of pyridine rings is 1. The molecule has 0 aliphatic carbocycles. The highest BCUT2D eigenvalue weighted by Gasteiger charge is 2.45. The zero-order valence-electron chi connectivity index (χ0n) is 22.0. The predicted molar refractivity (Wildman–Crippen MR) is 150 cm³/mol. The number of fused-ring (bicyclic) bond motifs is 2. The van der Waals surface area contributed by atoms with Gasteiger partial charge in [-0.25, -0.2) is 4.98 Å². The van der Waals surface area contributed by atoms with E-state index in [1.807, 2.05) is 13.8 Å². The van der Waals surface area contributed by atoms with E-state index in [0.717, 1.165) is 6.07 Å². The quantitative estimate of drug-likeness (QED) is 0.332. The van der Waals surface area contributed by atoms with Gasteiger partial charge in [0.1, 0.15) is 16.5 Å². The first kappa shape index (κ1) is 28.1. The fourth-order valence-electron chi connectivity index (χ4n) is 4.89. The number of carbonyl (C=O) groups is 2. The summed E-state index contributed by atoms with van der Waals surface area (Å²) in [5, 5.41) is 5.99. The van der Waals surface area contributed by atoms with Gasteiger partial charge in [0.25, 0.3) is 20.2 Å². The summed E-state index contributed by atoms with van der Waals surface area (Å²) in [5.41, 5.74) is 0.300. The van der Waals surface area contributed by atoms with Gasteiger partial charge in [-0.1, -0.05) is 13.8 Å². The van der Waals surface area contributed by atoms with E-state index < -0.39 is 37.8 Å². The van der Waals surface area contributed by atoms with Crippen molar-refractivity contribution in [3.8, 4) is 0 Å². The monoisotopic (exact) mass is 589 g/mol. The summed E-state index contributed by atoms with van der Waals surface area (Å²) in [6.45, 7) is 5.70. The molecule has 0 saturated carbocycles. The molecule has 5 rings (SSSR count). The lowest BCUT2D eigenvalue weighted by molar-refractivity contribution is -0.119. The molecule has 4 N–H and O–H groups in total. The Morgan fingerprint density at radius 1 is 1.15 bits per heavy atom. The van der Waals surface area contributed by atoms with E-state index in [9.17, 15) is 26.4 Å². The molecule has 4 heterocycles. The summed E-state index contributed by atoms with van der Waals surface area (Å²) < 4.78 is 60.5. The molecule has 0 radical (unpaired) electrons. The van der Waals surface area contributed by atoms with Gasteiger partial charge in [-0.05, 0) is 68.6 Å². The van der Waals surface area contributed by atoms with Gasteiger partial charge in [0, 0.05) is 18.8 Å². The normalized spacial score (nSPS) is 20.9. The van der Waals surface area contributed by atoms with Crippen LogP contribution in [0, 0.1) is 11.8 Å². The van der Waals surface area contributed by atoms with E-state index in [1.54, 1.807) is 12.1 Å². The number of nitrogens with zero attached hydrogens (tertiary/aromatic N) is 3. The largest absolute Gasteiger partial charge is 0.341 e. The lowest BCUT2D eigenvalue weighted by atomic mass is 9.90. The van der Waals surface area contributed by atoms with Gasteiger partial charge in [-0.15, -0.1) is 4.40 Å². The third-order valence-corrected chi connectivity index (χ3v) is 9.42. The minimum absolute atomic E-state index is 0.0221. The van der Waals surface area contributed by atoms with Gasteiger partial charge >= 0.3 is 0 Å². The van der Waals surface area contributed by atoms with Crippen molar-refractivity contribution < 1.29 is 26.4 Å². The number of benzene rings is 1. The fourth-order valence-corrected chi connectivity index (χ4v) is 7.24. The van der Waals surface area contributed by atoms with Crippen molar-refractivity contribution in [3.63, 3.8) is 0 Å². The lowest BCUT2D eigenvalue weighted by Gasteiger charge is -2.34. The molecule has 15 heteroatoms. The second-order valence-electron chi connectivity index (χ2n) is 10.4. The van der Waals surface area contributed by atoms with Crippen molar-refractivity contribution in [2.45, 2.75) is 44.0 Å². The number of hydrogen-bond donors (Lipinski definition) is 4. The third kappa shape index (κ3) is 5.73. The molecule has 214 valence electrons. The molecule has 40 heavy (non-hydrogen) atoms. The molecule has 13 nitrogen and oxygen atoms in total. The number of anilines is 3. The van der Waals surface area contributed by atoms with Crippen LogP contribution in [0.1, 0.15) is 43.5 Å². The molecule has 1 amide bonds. The molecule has 0 spiro atoms. The highest BCUT2D eigenvalue weighted by Crippen LogP contribution is 2.35. The number of nitrogens with one attached hydrogen (secondary N) is 4. The summed E-state index contributed by atoms with van der Waals surface area (Å²) in [6, 6.07) is 6.81. The fraction of sp³-hybridized carbons (Fsp3) is 0.440. The Morgan fingerprint density at radius 3 is 2.62 bits per heavy atom. The van der Waals surface area contributed by atoms with E-state index in [1.165, 1.54) is 23.2 Å².